The highest BCUT2D eigenvalue weighted by molar-refractivity contribution is 7.98. The monoisotopic (exact) mass is 422 g/mol. The molecule has 2 aromatic carbocycles. The van der Waals surface area contributed by atoms with Gasteiger partial charge in [0.1, 0.15) is 5.82 Å². The number of hydrogen-bond donors (Lipinski definition) is 0. The summed E-state index contributed by atoms with van der Waals surface area (Å²) in [6.45, 7) is 0. The smallest absolute Gasteiger partial charge is 0.291 e. The number of halogens is 3. The largest absolute Gasteiger partial charge is 0.479 e. The van der Waals surface area contributed by atoms with E-state index < -0.39 is 17.3 Å². The molecule has 28 heavy (non-hydrogen) atoms. The molecule has 0 bridgehead atoms. The molecule has 0 unspecified atom stereocenters. The summed E-state index contributed by atoms with van der Waals surface area (Å²) in [4.78, 5) is 0.677. The number of benzene rings is 2. The molecule has 0 saturated heterocycles. The number of thioether (sulfide) groups is 1. The molecule has 0 N–H and O–H groups in total. The molecule has 0 atom stereocenters. The van der Waals surface area contributed by atoms with Crippen LogP contribution in [0.1, 0.15) is 17.0 Å². The molecule has 0 aliphatic carbocycles. The molecule has 0 saturated carbocycles. The van der Waals surface area contributed by atoms with E-state index in [4.69, 9.17) is 4.74 Å². The van der Waals surface area contributed by atoms with Gasteiger partial charge in [0.05, 0.1) is 18.0 Å². The lowest BCUT2D eigenvalue weighted by Crippen LogP contribution is -1.96. The second-order valence-electron chi connectivity index (χ2n) is 5.72. The number of aromatic nitrogens is 4. The Labute approximate surface area is 166 Å². The maximum atomic E-state index is 14.8. The van der Waals surface area contributed by atoms with Crippen molar-refractivity contribution in [2.75, 3.05) is 7.11 Å². The number of methoxy groups -OCH3 is 1. The first-order valence-corrected chi connectivity index (χ1v) is 9.92. The average Bonchev–Trinajstić information content (AvgIpc) is 3.32. The van der Waals surface area contributed by atoms with Crippen LogP contribution in [-0.4, -0.2) is 27.1 Å². The van der Waals surface area contributed by atoms with Crippen molar-refractivity contribution in [3.8, 4) is 11.0 Å². The van der Waals surface area contributed by atoms with Gasteiger partial charge in [-0.05, 0) is 17.7 Å². The second-order valence-corrected chi connectivity index (χ2v) is 7.75. The van der Waals surface area contributed by atoms with Gasteiger partial charge in [-0.15, -0.1) is 27.1 Å². The van der Waals surface area contributed by atoms with Gasteiger partial charge in [0.2, 0.25) is 11.0 Å². The molecule has 0 aliphatic rings. The highest BCUT2D eigenvalue weighted by Crippen LogP contribution is 2.35. The zero-order valence-corrected chi connectivity index (χ0v) is 16.1. The minimum absolute atomic E-state index is 0.0564. The van der Waals surface area contributed by atoms with Crippen LogP contribution in [0.2, 0.25) is 0 Å². The standard InChI is InChI=1S/C18H13F3N4OS2/c1-26-16-14-12(19)7-11(27-9-10-5-3-2-4-6-10)8-13(14)25(24-16)18-23-22-17(28-18)15(20)21/h2-8,15H,9H2,1H3. The first-order chi connectivity index (χ1) is 13.6. The van der Waals surface area contributed by atoms with Crippen LogP contribution in [0.5, 0.6) is 5.88 Å². The molecule has 10 heteroatoms. The van der Waals surface area contributed by atoms with E-state index in [1.807, 2.05) is 30.3 Å². The molecule has 0 amide bonds. The highest BCUT2D eigenvalue weighted by atomic mass is 32.2. The number of fused-ring (bicyclic) bond motifs is 1. The normalized spacial score (nSPS) is 11.5. The van der Waals surface area contributed by atoms with E-state index in [2.05, 4.69) is 15.3 Å². The van der Waals surface area contributed by atoms with Gasteiger partial charge >= 0.3 is 0 Å². The fraction of sp³-hybridized carbons (Fsp3) is 0.167. The SMILES string of the molecule is COc1nn(-c2nnc(C(F)F)s2)c2cc(SCc3ccccc3)cc(F)c12. The quantitative estimate of drug-likeness (QED) is 0.397. The Kier molecular flexibility index (Phi) is 5.23. The molecule has 0 fully saturated rings. The molecular weight excluding hydrogens is 409 g/mol. The minimum atomic E-state index is -2.73. The zero-order valence-electron chi connectivity index (χ0n) is 14.5. The number of rotatable bonds is 6. The van der Waals surface area contributed by atoms with Crippen LogP contribution in [0, 0.1) is 5.82 Å². The van der Waals surface area contributed by atoms with E-state index in [0.717, 1.165) is 5.56 Å². The molecule has 2 heterocycles. The molecular formula is C18H13F3N4OS2. The van der Waals surface area contributed by atoms with Gasteiger partial charge in [0.15, 0.2) is 5.01 Å². The van der Waals surface area contributed by atoms with Gasteiger partial charge in [0.25, 0.3) is 6.43 Å². The van der Waals surface area contributed by atoms with Gasteiger partial charge in [-0.25, -0.2) is 17.9 Å². The Morgan fingerprint density at radius 1 is 1.18 bits per heavy atom. The van der Waals surface area contributed by atoms with E-state index in [1.165, 1.54) is 29.6 Å². The predicted octanol–water partition coefficient (Wildman–Crippen LogP) is 5.25. The summed E-state index contributed by atoms with van der Waals surface area (Å²) in [7, 11) is 1.37. The van der Waals surface area contributed by atoms with E-state index in [0.29, 0.717) is 27.5 Å². The van der Waals surface area contributed by atoms with E-state index in [1.54, 1.807) is 6.07 Å². The lowest BCUT2D eigenvalue weighted by Gasteiger charge is -2.05. The molecule has 144 valence electrons. The first kappa shape index (κ1) is 18.8. The summed E-state index contributed by atoms with van der Waals surface area (Å²) >= 11 is 2.16. The highest BCUT2D eigenvalue weighted by Gasteiger charge is 2.22. The lowest BCUT2D eigenvalue weighted by molar-refractivity contribution is 0.150. The van der Waals surface area contributed by atoms with Crippen LogP contribution in [0.4, 0.5) is 13.2 Å². The van der Waals surface area contributed by atoms with Gasteiger partial charge < -0.3 is 4.74 Å². The summed E-state index contributed by atoms with van der Waals surface area (Å²) in [5.74, 6) is 0.210. The Balaban J connectivity index is 1.76. The Morgan fingerprint density at radius 3 is 2.64 bits per heavy atom. The fourth-order valence-corrected chi connectivity index (χ4v) is 4.23. The fourth-order valence-electron chi connectivity index (χ4n) is 2.65. The molecule has 0 aliphatic heterocycles. The third-order valence-corrected chi connectivity index (χ3v) is 5.87. The summed E-state index contributed by atoms with van der Waals surface area (Å²) < 4.78 is 47.0. The van der Waals surface area contributed by atoms with E-state index >= 15 is 0 Å². The van der Waals surface area contributed by atoms with Gasteiger partial charge in [-0.3, -0.25) is 0 Å². The molecule has 0 spiro atoms. The number of hydrogen-bond acceptors (Lipinski definition) is 6. The Bertz CT molecular complexity index is 1110. The van der Waals surface area contributed by atoms with Crippen molar-refractivity contribution >= 4 is 34.0 Å². The third-order valence-electron chi connectivity index (χ3n) is 3.92. The number of alkyl halides is 2. The van der Waals surface area contributed by atoms with Crippen molar-refractivity contribution in [2.24, 2.45) is 0 Å². The topological polar surface area (TPSA) is 52.8 Å². The Morgan fingerprint density at radius 2 is 1.96 bits per heavy atom. The van der Waals surface area contributed by atoms with Gasteiger partial charge in [0, 0.05) is 10.6 Å². The van der Waals surface area contributed by atoms with Crippen LogP contribution in [-0.2, 0) is 5.75 Å². The van der Waals surface area contributed by atoms with Crippen LogP contribution in [0.25, 0.3) is 16.0 Å². The molecule has 4 rings (SSSR count). The lowest BCUT2D eigenvalue weighted by atomic mass is 10.2. The number of ether oxygens (including phenoxy) is 1. The summed E-state index contributed by atoms with van der Waals surface area (Å²) in [6, 6.07) is 12.9. The predicted molar refractivity (Wildman–Crippen MR) is 102 cm³/mol. The zero-order chi connectivity index (χ0) is 19.7. The summed E-state index contributed by atoms with van der Waals surface area (Å²) in [6.07, 6.45) is -2.73. The van der Waals surface area contributed by atoms with Crippen LogP contribution < -0.4 is 4.74 Å². The second kappa shape index (κ2) is 7.80. The summed E-state index contributed by atoms with van der Waals surface area (Å²) in [5.41, 5.74) is 1.48. The van der Waals surface area contributed by atoms with E-state index in [-0.39, 0.29) is 16.4 Å². The minimum Gasteiger partial charge on any atom is -0.479 e. The number of nitrogens with zero attached hydrogens (tertiary/aromatic N) is 4. The molecule has 4 aromatic rings. The van der Waals surface area contributed by atoms with Gasteiger partial charge in [-0.1, -0.05) is 41.7 Å². The van der Waals surface area contributed by atoms with Crippen molar-refractivity contribution < 1.29 is 17.9 Å². The maximum absolute atomic E-state index is 14.8. The van der Waals surface area contributed by atoms with Crippen LogP contribution in [0.15, 0.2) is 47.4 Å². The van der Waals surface area contributed by atoms with Crippen LogP contribution >= 0.6 is 23.1 Å². The van der Waals surface area contributed by atoms with Crippen molar-refractivity contribution in [3.63, 3.8) is 0 Å². The molecule has 5 nitrogen and oxygen atoms in total. The van der Waals surface area contributed by atoms with Crippen molar-refractivity contribution in [2.45, 2.75) is 17.1 Å². The average molecular weight is 422 g/mol. The molecule has 2 aromatic heterocycles. The van der Waals surface area contributed by atoms with Crippen molar-refractivity contribution in [1.29, 1.82) is 0 Å². The third kappa shape index (κ3) is 3.57. The van der Waals surface area contributed by atoms with Crippen LogP contribution in [0.3, 0.4) is 0 Å². The van der Waals surface area contributed by atoms with E-state index in [9.17, 15) is 13.2 Å². The van der Waals surface area contributed by atoms with Crippen molar-refractivity contribution in [1.82, 2.24) is 20.0 Å². The Hall–Kier alpha value is -2.59. The van der Waals surface area contributed by atoms with Crippen molar-refractivity contribution in [3.05, 3.63) is 58.9 Å². The molecule has 0 radical (unpaired) electrons. The van der Waals surface area contributed by atoms with Gasteiger partial charge in [-0.2, -0.15) is 0 Å². The maximum Gasteiger partial charge on any atom is 0.291 e. The first-order valence-electron chi connectivity index (χ1n) is 8.11. The summed E-state index contributed by atoms with van der Waals surface area (Å²) in [5, 5.41) is 11.3.